The van der Waals surface area contributed by atoms with E-state index < -0.39 is 0 Å². The van der Waals surface area contributed by atoms with Crippen molar-refractivity contribution in [2.24, 2.45) is 11.1 Å². The summed E-state index contributed by atoms with van der Waals surface area (Å²) in [6.07, 6.45) is 7.82. The lowest BCUT2D eigenvalue weighted by Crippen LogP contribution is -2.34. The molecule has 4 nitrogen and oxygen atoms in total. The molecule has 1 aromatic rings. The van der Waals surface area contributed by atoms with Gasteiger partial charge < -0.3 is 15.8 Å². The monoisotopic (exact) mass is 263 g/mol. The number of nitrogens with two attached hydrogens (primary N) is 1. The van der Waals surface area contributed by atoms with Gasteiger partial charge in [-0.25, -0.2) is 4.98 Å². The van der Waals surface area contributed by atoms with Crippen molar-refractivity contribution in [3.8, 4) is 5.75 Å². The van der Waals surface area contributed by atoms with E-state index in [2.05, 4.69) is 17.2 Å². The maximum absolute atomic E-state index is 5.96. The number of anilines is 1. The SMILES string of the molecule is CCCOc1cccnc1NCC1(CN)CCCC1. The van der Waals surface area contributed by atoms with Gasteiger partial charge in [0.05, 0.1) is 6.61 Å². The maximum Gasteiger partial charge on any atom is 0.168 e. The molecular weight excluding hydrogens is 238 g/mol. The molecule has 1 aliphatic carbocycles. The fourth-order valence-corrected chi connectivity index (χ4v) is 2.70. The van der Waals surface area contributed by atoms with Gasteiger partial charge in [0.25, 0.3) is 0 Å². The van der Waals surface area contributed by atoms with Crippen molar-refractivity contribution in [3.05, 3.63) is 18.3 Å². The first-order valence-electron chi connectivity index (χ1n) is 7.31. The first kappa shape index (κ1) is 14.1. The summed E-state index contributed by atoms with van der Waals surface area (Å²) in [7, 11) is 0. The molecule has 0 unspecified atom stereocenters. The van der Waals surface area contributed by atoms with E-state index in [9.17, 15) is 0 Å². The highest BCUT2D eigenvalue weighted by Gasteiger charge is 2.32. The molecule has 0 atom stereocenters. The Hall–Kier alpha value is -1.29. The number of aromatic nitrogens is 1. The van der Waals surface area contributed by atoms with Crippen molar-refractivity contribution in [2.45, 2.75) is 39.0 Å². The summed E-state index contributed by atoms with van der Waals surface area (Å²) in [5.41, 5.74) is 6.21. The van der Waals surface area contributed by atoms with Crippen molar-refractivity contribution in [1.29, 1.82) is 0 Å². The van der Waals surface area contributed by atoms with Gasteiger partial charge in [-0.05, 0) is 43.4 Å². The maximum atomic E-state index is 5.96. The number of rotatable bonds is 7. The molecule has 106 valence electrons. The second-order valence-corrected chi connectivity index (χ2v) is 5.46. The number of hydrogen-bond donors (Lipinski definition) is 2. The van der Waals surface area contributed by atoms with Crippen LogP contribution in [0.2, 0.25) is 0 Å². The zero-order chi connectivity index (χ0) is 13.6. The van der Waals surface area contributed by atoms with Crippen LogP contribution in [0.4, 0.5) is 5.82 Å². The van der Waals surface area contributed by atoms with Gasteiger partial charge in [0.1, 0.15) is 0 Å². The van der Waals surface area contributed by atoms with E-state index in [1.165, 1.54) is 25.7 Å². The molecule has 19 heavy (non-hydrogen) atoms. The molecule has 1 fully saturated rings. The van der Waals surface area contributed by atoms with E-state index in [4.69, 9.17) is 10.5 Å². The van der Waals surface area contributed by atoms with Crippen LogP contribution in [-0.4, -0.2) is 24.7 Å². The molecule has 1 saturated carbocycles. The van der Waals surface area contributed by atoms with Gasteiger partial charge in [0.15, 0.2) is 11.6 Å². The third-order valence-electron chi connectivity index (χ3n) is 3.96. The second kappa shape index (κ2) is 6.75. The van der Waals surface area contributed by atoms with E-state index in [1.807, 2.05) is 12.1 Å². The Balaban J connectivity index is 1.98. The van der Waals surface area contributed by atoms with Gasteiger partial charge in [0.2, 0.25) is 0 Å². The van der Waals surface area contributed by atoms with Crippen LogP contribution in [0.3, 0.4) is 0 Å². The van der Waals surface area contributed by atoms with Crippen LogP contribution in [-0.2, 0) is 0 Å². The average molecular weight is 263 g/mol. The normalized spacial score (nSPS) is 17.4. The van der Waals surface area contributed by atoms with E-state index in [0.29, 0.717) is 0 Å². The van der Waals surface area contributed by atoms with Crippen LogP contribution in [0.1, 0.15) is 39.0 Å². The summed E-state index contributed by atoms with van der Waals surface area (Å²) >= 11 is 0. The number of hydrogen-bond acceptors (Lipinski definition) is 4. The Labute approximate surface area is 115 Å². The first-order valence-corrected chi connectivity index (χ1v) is 7.31. The predicted octanol–water partition coefficient (Wildman–Crippen LogP) is 2.80. The van der Waals surface area contributed by atoms with Crippen molar-refractivity contribution >= 4 is 5.82 Å². The van der Waals surface area contributed by atoms with Crippen LogP contribution < -0.4 is 15.8 Å². The topological polar surface area (TPSA) is 60.2 Å². The number of nitrogens with one attached hydrogen (secondary N) is 1. The van der Waals surface area contributed by atoms with E-state index in [0.717, 1.165) is 37.7 Å². The summed E-state index contributed by atoms with van der Waals surface area (Å²) in [4.78, 5) is 4.38. The summed E-state index contributed by atoms with van der Waals surface area (Å²) in [6, 6.07) is 3.87. The minimum Gasteiger partial charge on any atom is -0.490 e. The molecule has 0 aromatic carbocycles. The van der Waals surface area contributed by atoms with E-state index in [-0.39, 0.29) is 5.41 Å². The third-order valence-corrected chi connectivity index (χ3v) is 3.96. The molecule has 0 aliphatic heterocycles. The minimum atomic E-state index is 0.250. The summed E-state index contributed by atoms with van der Waals surface area (Å²) < 4.78 is 5.71. The second-order valence-electron chi connectivity index (χ2n) is 5.46. The molecule has 0 radical (unpaired) electrons. The first-order chi connectivity index (χ1) is 9.29. The summed E-state index contributed by atoms with van der Waals surface area (Å²) in [6.45, 7) is 4.47. The third kappa shape index (κ3) is 3.60. The number of nitrogens with zero attached hydrogens (tertiary/aromatic N) is 1. The minimum absolute atomic E-state index is 0.250. The molecule has 0 amide bonds. The smallest absolute Gasteiger partial charge is 0.168 e. The van der Waals surface area contributed by atoms with Crippen molar-refractivity contribution in [3.63, 3.8) is 0 Å². The molecule has 1 aromatic heterocycles. The van der Waals surface area contributed by atoms with E-state index in [1.54, 1.807) is 6.20 Å². The number of pyridine rings is 1. The fourth-order valence-electron chi connectivity index (χ4n) is 2.70. The Bertz CT molecular complexity index is 389. The quantitative estimate of drug-likeness (QED) is 0.794. The van der Waals surface area contributed by atoms with Gasteiger partial charge in [-0.3, -0.25) is 0 Å². The number of ether oxygens (including phenoxy) is 1. The zero-order valence-corrected chi connectivity index (χ0v) is 11.8. The fraction of sp³-hybridized carbons (Fsp3) is 0.667. The molecule has 4 heteroatoms. The van der Waals surface area contributed by atoms with Crippen LogP contribution in [0.25, 0.3) is 0 Å². The standard InChI is InChI=1S/C15H25N3O/c1-2-10-19-13-6-5-9-17-14(13)18-12-15(11-16)7-3-4-8-15/h5-6,9H,2-4,7-8,10-12,16H2,1H3,(H,17,18). The molecule has 0 bridgehead atoms. The lowest BCUT2D eigenvalue weighted by atomic mass is 9.86. The van der Waals surface area contributed by atoms with Gasteiger partial charge in [-0.15, -0.1) is 0 Å². The highest BCUT2D eigenvalue weighted by molar-refractivity contribution is 5.49. The summed E-state index contributed by atoms with van der Waals surface area (Å²) in [5.74, 6) is 1.69. The predicted molar refractivity (Wildman–Crippen MR) is 78.5 cm³/mol. The Morgan fingerprint density at radius 1 is 1.42 bits per heavy atom. The van der Waals surface area contributed by atoms with Crippen LogP contribution in [0.5, 0.6) is 5.75 Å². The van der Waals surface area contributed by atoms with Gasteiger partial charge in [-0.1, -0.05) is 19.8 Å². The zero-order valence-electron chi connectivity index (χ0n) is 11.8. The van der Waals surface area contributed by atoms with Gasteiger partial charge in [0, 0.05) is 12.7 Å². The van der Waals surface area contributed by atoms with E-state index >= 15 is 0 Å². The van der Waals surface area contributed by atoms with Crippen molar-refractivity contribution < 1.29 is 4.74 Å². The molecule has 1 aliphatic rings. The highest BCUT2D eigenvalue weighted by atomic mass is 16.5. The lowest BCUT2D eigenvalue weighted by Gasteiger charge is -2.28. The molecule has 0 saturated heterocycles. The largest absolute Gasteiger partial charge is 0.490 e. The summed E-state index contributed by atoms with van der Waals surface area (Å²) in [5, 5.41) is 3.44. The van der Waals surface area contributed by atoms with Crippen LogP contribution in [0.15, 0.2) is 18.3 Å². The van der Waals surface area contributed by atoms with Crippen molar-refractivity contribution in [2.75, 3.05) is 25.0 Å². The molecular formula is C15H25N3O. The lowest BCUT2D eigenvalue weighted by molar-refractivity contribution is 0.313. The molecule has 0 spiro atoms. The Morgan fingerprint density at radius 2 is 2.21 bits per heavy atom. The Kier molecular flexibility index (Phi) is 5.02. The molecule has 1 heterocycles. The van der Waals surface area contributed by atoms with Gasteiger partial charge in [-0.2, -0.15) is 0 Å². The van der Waals surface area contributed by atoms with Crippen LogP contribution >= 0.6 is 0 Å². The van der Waals surface area contributed by atoms with Crippen molar-refractivity contribution in [1.82, 2.24) is 4.98 Å². The van der Waals surface area contributed by atoms with Crippen LogP contribution in [0, 0.1) is 5.41 Å². The van der Waals surface area contributed by atoms with Gasteiger partial charge >= 0.3 is 0 Å². The highest BCUT2D eigenvalue weighted by Crippen LogP contribution is 2.37. The average Bonchev–Trinajstić information content (AvgIpc) is 2.93. The molecule has 2 rings (SSSR count). The Morgan fingerprint density at radius 3 is 2.89 bits per heavy atom. The molecule has 3 N–H and O–H groups in total.